The van der Waals surface area contributed by atoms with Gasteiger partial charge in [-0.1, -0.05) is 47.5 Å². The lowest BCUT2D eigenvalue weighted by molar-refractivity contribution is -0.136. The quantitative estimate of drug-likeness (QED) is 0.689. The maximum atomic E-state index is 12.8. The number of anilines is 1. The standard InChI is InChI=1S/C17H9Cl2NO3/c1-20-14-10(19)6-9(18)12-13(14)11(16(22)17(20)23)7-4-2-3-5-8(7)15(12)21/h2-6,11H,1H3. The minimum absolute atomic E-state index is 0.189. The van der Waals surface area contributed by atoms with Crippen molar-refractivity contribution in [2.45, 2.75) is 5.92 Å². The number of carbonyl (C=O) groups excluding carboxylic acids is 3. The Labute approximate surface area is 141 Å². The van der Waals surface area contributed by atoms with Crippen molar-refractivity contribution in [3.8, 4) is 0 Å². The lowest BCUT2D eigenvalue weighted by Gasteiger charge is -2.36. The molecule has 2 aromatic rings. The summed E-state index contributed by atoms with van der Waals surface area (Å²) in [5.74, 6) is -2.33. The van der Waals surface area contributed by atoms with Gasteiger partial charge in [0.1, 0.15) is 0 Å². The third kappa shape index (κ3) is 1.70. The Morgan fingerprint density at radius 1 is 1.04 bits per heavy atom. The summed E-state index contributed by atoms with van der Waals surface area (Å²) in [4.78, 5) is 39.0. The zero-order valence-corrected chi connectivity index (χ0v) is 13.4. The fraction of sp³-hybridized carbons (Fsp3) is 0.118. The van der Waals surface area contributed by atoms with E-state index in [4.69, 9.17) is 23.2 Å². The van der Waals surface area contributed by atoms with Crippen LogP contribution in [-0.2, 0) is 9.59 Å². The molecule has 0 saturated heterocycles. The minimum Gasteiger partial charge on any atom is -0.307 e. The highest BCUT2D eigenvalue weighted by atomic mass is 35.5. The summed E-state index contributed by atoms with van der Waals surface area (Å²) in [6.07, 6.45) is 0. The summed E-state index contributed by atoms with van der Waals surface area (Å²) in [5, 5.41) is 0.433. The number of rotatable bonds is 0. The van der Waals surface area contributed by atoms with Gasteiger partial charge in [0.05, 0.1) is 21.7 Å². The number of halogens is 2. The van der Waals surface area contributed by atoms with Crippen molar-refractivity contribution in [3.05, 3.63) is 62.6 Å². The Hall–Kier alpha value is -2.17. The first-order valence-corrected chi connectivity index (χ1v) is 7.66. The maximum Gasteiger partial charge on any atom is 0.295 e. The number of carbonyl (C=O) groups is 3. The van der Waals surface area contributed by atoms with E-state index in [-0.39, 0.29) is 21.4 Å². The van der Waals surface area contributed by atoms with Crippen LogP contribution in [0.4, 0.5) is 5.69 Å². The average Bonchev–Trinajstić information content (AvgIpc) is 2.52. The van der Waals surface area contributed by atoms with Gasteiger partial charge in [-0.25, -0.2) is 0 Å². The molecule has 4 nitrogen and oxygen atoms in total. The van der Waals surface area contributed by atoms with Gasteiger partial charge in [0, 0.05) is 23.7 Å². The number of Topliss-reactive ketones (excluding diaryl/α,β-unsaturated/α-hetero) is 1. The third-order valence-corrected chi connectivity index (χ3v) is 4.97. The molecular weight excluding hydrogens is 337 g/mol. The SMILES string of the molecule is CN1C(=O)C(=O)C2c3ccccc3C(=O)c3c(Cl)cc(Cl)c1c32. The highest BCUT2D eigenvalue weighted by molar-refractivity contribution is 6.49. The molecule has 1 aliphatic heterocycles. The number of hydrogen-bond acceptors (Lipinski definition) is 3. The first-order valence-electron chi connectivity index (χ1n) is 6.91. The Morgan fingerprint density at radius 3 is 2.48 bits per heavy atom. The fourth-order valence-electron chi connectivity index (χ4n) is 3.39. The van der Waals surface area contributed by atoms with E-state index in [1.54, 1.807) is 24.3 Å². The van der Waals surface area contributed by atoms with Crippen LogP contribution in [0.1, 0.15) is 33.0 Å². The lowest BCUT2D eigenvalue weighted by atomic mass is 9.72. The largest absolute Gasteiger partial charge is 0.307 e. The topological polar surface area (TPSA) is 54.5 Å². The molecule has 0 aromatic heterocycles. The predicted molar refractivity (Wildman–Crippen MR) is 86.6 cm³/mol. The van der Waals surface area contributed by atoms with Gasteiger partial charge in [0.2, 0.25) is 5.78 Å². The molecule has 6 heteroatoms. The summed E-state index contributed by atoms with van der Waals surface area (Å²) in [6.45, 7) is 0. The Morgan fingerprint density at radius 2 is 1.74 bits per heavy atom. The summed E-state index contributed by atoms with van der Waals surface area (Å²) in [6, 6.07) is 8.23. The van der Waals surface area contributed by atoms with E-state index in [2.05, 4.69) is 0 Å². The Balaban J connectivity index is 2.19. The van der Waals surface area contributed by atoms with Crippen LogP contribution in [-0.4, -0.2) is 24.5 Å². The van der Waals surface area contributed by atoms with Gasteiger partial charge in [-0.2, -0.15) is 0 Å². The van der Waals surface area contributed by atoms with Crippen LogP contribution in [0.3, 0.4) is 0 Å². The fourth-order valence-corrected chi connectivity index (χ4v) is 4.08. The zero-order valence-electron chi connectivity index (χ0n) is 11.9. The molecule has 0 bridgehead atoms. The maximum absolute atomic E-state index is 12.8. The first kappa shape index (κ1) is 14.4. The van der Waals surface area contributed by atoms with Crippen molar-refractivity contribution in [1.29, 1.82) is 0 Å². The number of amides is 1. The molecular formula is C17H9Cl2NO3. The van der Waals surface area contributed by atoms with Crippen LogP contribution in [0.5, 0.6) is 0 Å². The number of likely N-dealkylation sites (N-methyl/N-ethyl adjacent to an activating group) is 1. The highest BCUT2D eigenvalue weighted by Crippen LogP contribution is 2.49. The van der Waals surface area contributed by atoms with Crippen molar-refractivity contribution >= 4 is 46.4 Å². The summed E-state index contributed by atoms with van der Waals surface area (Å²) >= 11 is 12.5. The van der Waals surface area contributed by atoms with Crippen molar-refractivity contribution < 1.29 is 14.4 Å². The molecule has 1 heterocycles. The zero-order chi connectivity index (χ0) is 16.5. The second-order valence-electron chi connectivity index (χ2n) is 5.56. The minimum atomic E-state index is -0.839. The van der Waals surface area contributed by atoms with Crippen molar-refractivity contribution in [3.63, 3.8) is 0 Å². The van der Waals surface area contributed by atoms with Crippen LogP contribution >= 0.6 is 23.2 Å². The molecule has 1 amide bonds. The number of fused-ring (bicyclic) bond motifs is 2. The normalized spacial score (nSPS) is 18.8. The van der Waals surface area contributed by atoms with E-state index in [0.29, 0.717) is 22.4 Å². The number of hydrogen-bond donors (Lipinski definition) is 0. The van der Waals surface area contributed by atoms with Crippen LogP contribution in [0.25, 0.3) is 0 Å². The van der Waals surface area contributed by atoms with Crippen LogP contribution in [0, 0.1) is 0 Å². The molecule has 1 atom stereocenters. The van der Waals surface area contributed by atoms with E-state index < -0.39 is 17.6 Å². The van der Waals surface area contributed by atoms with E-state index in [0.717, 1.165) is 0 Å². The van der Waals surface area contributed by atoms with Gasteiger partial charge in [-0.3, -0.25) is 14.4 Å². The van der Waals surface area contributed by atoms with E-state index in [1.165, 1.54) is 18.0 Å². The number of ketones is 2. The third-order valence-electron chi connectivity index (χ3n) is 4.39. The molecule has 1 aliphatic carbocycles. The average molecular weight is 346 g/mol. The monoisotopic (exact) mass is 345 g/mol. The molecule has 114 valence electrons. The van der Waals surface area contributed by atoms with Gasteiger partial charge in [0.25, 0.3) is 5.91 Å². The van der Waals surface area contributed by atoms with Gasteiger partial charge in [-0.05, 0) is 11.6 Å². The summed E-state index contributed by atoms with van der Waals surface area (Å²) in [7, 11) is 1.47. The second-order valence-corrected chi connectivity index (χ2v) is 6.37. The molecule has 4 rings (SSSR count). The number of nitrogens with zero attached hydrogens (tertiary/aromatic N) is 1. The van der Waals surface area contributed by atoms with Gasteiger partial charge < -0.3 is 4.90 Å². The lowest BCUT2D eigenvalue weighted by Crippen LogP contribution is -2.44. The first-order chi connectivity index (χ1) is 10.9. The summed E-state index contributed by atoms with van der Waals surface area (Å²) in [5.41, 5.74) is 1.98. The molecule has 0 fully saturated rings. The van der Waals surface area contributed by atoms with E-state index in [9.17, 15) is 14.4 Å². The Kier molecular flexibility index (Phi) is 2.92. The van der Waals surface area contributed by atoms with Crippen LogP contribution in [0.2, 0.25) is 10.0 Å². The van der Waals surface area contributed by atoms with Gasteiger partial charge >= 0.3 is 0 Å². The molecule has 0 N–H and O–H groups in total. The van der Waals surface area contributed by atoms with Gasteiger partial charge in [-0.15, -0.1) is 0 Å². The molecule has 0 radical (unpaired) electrons. The Bertz CT molecular complexity index is 936. The molecule has 23 heavy (non-hydrogen) atoms. The molecule has 0 saturated carbocycles. The van der Waals surface area contributed by atoms with Crippen molar-refractivity contribution in [2.75, 3.05) is 11.9 Å². The van der Waals surface area contributed by atoms with Crippen LogP contribution in [0.15, 0.2) is 30.3 Å². The smallest absolute Gasteiger partial charge is 0.295 e. The second kappa shape index (κ2) is 4.66. The molecule has 0 spiro atoms. The van der Waals surface area contributed by atoms with E-state index in [1.807, 2.05) is 0 Å². The molecule has 1 unspecified atom stereocenters. The van der Waals surface area contributed by atoms with Crippen LogP contribution < -0.4 is 4.90 Å². The van der Waals surface area contributed by atoms with Crippen molar-refractivity contribution in [2.24, 2.45) is 0 Å². The predicted octanol–water partition coefficient (Wildman–Crippen LogP) is 3.22. The van der Waals surface area contributed by atoms with Gasteiger partial charge in [0.15, 0.2) is 5.78 Å². The van der Waals surface area contributed by atoms with E-state index >= 15 is 0 Å². The molecule has 2 aliphatic rings. The molecule has 2 aromatic carbocycles. The highest BCUT2D eigenvalue weighted by Gasteiger charge is 2.46. The summed E-state index contributed by atoms with van der Waals surface area (Å²) < 4.78 is 0. The number of benzene rings is 2. The van der Waals surface area contributed by atoms with Crippen molar-refractivity contribution in [1.82, 2.24) is 0 Å².